The van der Waals surface area contributed by atoms with Crippen LogP contribution in [0, 0.1) is 6.92 Å². The van der Waals surface area contributed by atoms with Crippen molar-refractivity contribution in [3.05, 3.63) is 23.8 Å². The molecular formula is C12H17N5O2. The smallest absolute Gasteiger partial charge is 0.242 e. The zero-order valence-electron chi connectivity index (χ0n) is 11.0. The van der Waals surface area contributed by atoms with Crippen molar-refractivity contribution < 1.29 is 9.26 Å². The van der Waals surface area contributed by atoms with Crippen LogP contribution in [0.2, 0.25) is 0 Å². The minimum Gasteiger partial charge on any atom is -0.476 e. The van der Waals surface area contributed by atoms with E-state index in [1.54, 1.807) is 0 Å². The molecule has 0 bridgehead atoms. The molecule has 0 unspecified atom stereocenters. The third-order valence-corrected chi connectivity index (χ3v) is 2.40. The Labute approximate surface area is 111 Å². The first kappa shape index (κ1) is 13.1. The Morgan fingerprint density at radius 2 is 2.26 bits per heavy atom. The van der Waals surface area contributed by atoms with E-state index in [0.29, 0.717) is 36.3 Å². The van der Waals surface area contributed by atoms with Gasteiger partial charge < -0.3 is 20.3 Å². The maximum atomic E-state index is 5.93. The largest absolute Gasteiger partial charge is 0.476 e. The molecule has 0 aromatic carbocycles. The predicted molar refractivity (Wildman–Crippen MR) is 70.8 cm³/mol. The molecule has 2 aromatic heterocycles. The van der Waals surface area contributed by atoms with E-state index in [2.05, 4.69) is 20.4 Å². The average Bonchev–Trinajstić information content (AvgIpc) is 2.82. The molecule has 2 rings (SSSR count). The Morgan fingerprint density at radius 1 is 1.42 bits per heavy atom. The van der Waals surface area contributed by atoms with E-state index in [1.165, 1.54) is 6.33 Å². The molecule has 0 saturated heterocycles. The molecule has 102 valence electrons. The quantitative estimate of drug-likeness (QED) is 0.819. The fourth-order valence-corrected chi connectivity index (χ4v) is 1.50. The molecule has 7 nitrogen and oxygen atoms in total. The summed E-state index contributed by atoms with van der Waals surface area (Å²) in [5, 5.41) is 6.88. The Bertz CT molecular complexity index is 541. The Balaban J connectivity index is 2.03. The summed E-state index contributed by atoms with van der Waals surface area (Å²) in [6.07, 6.45) is 2.30. The number of ether oxygens (including phenoxy) is 1. The van der Waals surface area contributed by atoms with Gasteiger partial charge in [0.05, 0.1) is 18.8 Å². The van der Waals surface area contributed by atoms with Crippen molar-refractivity contribution in [1.82, 2.24) is 15.1 Å². The van der Waals surface area contributed by atoms with Gasteiger partial charge in [-0.25, -0.2) is 4.98 Å². The second kappa shape index (κ2) is 6.03. The fraction of sp³-hybridized carbons (Fsp3) is 0.417. The normalized spacial score (nSPS) is 10.4. The van der Waals surface area contributed by atoms with Crippen LogP contribution in [0.15, 0.2) is 16.9 Å². The number of nitrogens with two attached hydrogens (primary N) is 1. The summed E-state index contributed by atoms with van der Waals surface area (Å²) in [6, 6.07) is 1.85. The first-order valence-electron chi connectivity index (χ1n) is 6.10. The molecule has 0 fully saturated rings. The van der Waals surface area contributed by atoms with Gasteiger partial charge in [-0.2, -0.15) is 4.98 Å². The lowest BCUT2D eigenvalue weighted by atomic mass is 10.3. The molecule has 0 saturated carbocycles. The van der Waals surface area contributed by atoms with Crippen LogP contribution in [0.3, 0.4) is 0 Å². The van der Waals surface area contributed by atoms with Crippen molar-refractivity contribution in [2.75, 3.05) is 17.7 Å². The summed E-state index contributed by atoms with van der Waals surface area (Å²) >= 11 is 0. The van der Waals surface area contributed by atoms with Crippen molar-refractivity contribution in [2.45, 2.75) is 26.8 Å². The van der Waals surface area contributed by atoms with Crippen LogP contribution in [-0.4, -0.2) is 21.7 Å². The number of anilines is 2. The van der Waals surface area contributed by atoms with Gasteiger partial charge in [-0.05, 0) is 13.3 Å². The van der Waals surface area contributed by atoms with Gasteiger partial charge in [0, 0.05) is 6.07 Å². The van der Waals surface area contributed by atoms with E-state index in [1.807, 2.05) is 19.9 Å². The molecule has 7 heteroatoms. The fourth-order valence-electron chi connectivity index (χ4n) is 1.50. The van der Waals surface area contributed by atoms with E-state index in [-0.39, 0.29) is 0 Å². The van der Waals surface area contributed by atoms with E-state index < -0.39 is 0 Å². The molecule has 0 aliphatic carbocycles. The number of aromatic nitrogens is 3. The third kappa shape index (κ3) is 3.34. The van der Waals surface area contributed by atoms with Crippen molar-refractivity contribution in [2.24, 2.45) is 0 Å². The summed E-state index contributed by atoms with van der Waals surface area (Å²) in [5.74, 6) is 1.63. The van der Waals surface area contributed by atoms with Crippen LogP contribution in [-0.2, 0) is 6.54 Å². The molecule has 0 spiro atoms. The monoisotopic (exact) mass is 263 g/mol. The summed E-state index contributed by atoms with van der Waals surface area (Å²) in [5.41, 5.74) is 7.16. The maximum Gasteiger partial charge on any atom is 0.242 e. The highest BCUT2D eigenvalue weighted by molar-refractivity contribution is 5.66. The molecular weight excluding hydrogens is 246 g/mol. The number of rotatable bonds is 6. The molecule has 3 N–H and O–H groups in total. The number of nitrogens with zero attached hydrogens (tertiary/aromatic N) is 3. The highest BCUT2D eigenvalue weighted by Gasteiger charge is 2.09. The maximum absolute atomic E-state index is 5.93. The summed E-state index contributed by atoms with van der Waals surface area (Å²) < 4.78 is 10.5. The number of nitrogen functional groups attached to an aromatic ring is 1. The topological polar surface area (TPSA) is 99.1 Å². The van der Waals surface area contributed by atoms with Crippen LogP contribution < -0.4 is 15.8 Å². The average molecular weight is 263 g/mol. The third-order valence-electron chi connectivity index (χ3n) is 2.40. The minimum absolute atomic E-state index is 0.396. The number of hydrogen-bond donors (Lipinski definition) is 2. The van der Waals surface area contributed by atoms with Crippen LogP contribution in [0.1, 0.15) is 24.8 Å². The lowest BCUT2D eigenvalue weighted by Crippen LogP contribution is -2.08. The number of hydrogen-bond acceptors (Lipinski definition) is 7. The Kier molecular flexibility index (Phi) is 4.17. The number of nitrogens with one attached hydrogen (secondary N) is 1. The molecule has 0 aliphatic heterocycles. The van der Waals surface area contributed by atoms with Crippen LogP contribution >= 0.6 is 0 Å². The predicted octanol–water partition coefficient (Wildman–Crippen LogP) is 1.76. The van der Waals surface area contributed by atoms with Gasteiger partial charge in [0.15, 0.2) is 11.6 Å². The molecule has 2 heterocycles. The van der Waals surface area contributed by atoms with Crippen molar-refractivity contribution in [3.8, 4) is 5.88 Å². The van der Waals surface area contributed by atoms with Crippen LogP contribution in [0.4, 0.5) is 11.5 Å². The number of aryl methyl sites for hydroxylation is 1. The van der Waals surface area contributed by atoms with Gasteiger partial charge in [0.1, 0.15) is 12.0 Å². The second-order valence-corrected chi connectivity index (χ2v) is 4.08. The second-order valence-electron chi connectivity index (χ2n) is 4.08. The van der Waals surface area contributed by atoms with Crippen molar-refractivity contribution in [3.63, 3.8) is 0 Å². The molecule has 0 amide bonds. The van der Waals surface area contributed by atoms with Crippen molar-refractivity contribution >= 4 is 11.5 Å². The minimum atomic E-state index is 0.396. The van der Waals surface area contributed by atoms with Crippen LogP contribution in [0.5, 0.6) is 5.88 Å². The molecule has 0 atom stereocenters. The standard InChI is InChI=1S/C12H17N5O2/c1-3-4-18-12-10(13)11(15-7-16-12)14-6-9-5-8(2)17-19-9/h5,7H,3-4,6,13H2,1-2H3,(H,14,15,16). The Hall–Kier alpha value is -2.31. The summed E-state index contributed by atoms with van der Waals surface area (Å²) in [4.78, 5) is 8.08. The van der Waals surface area contributed by atoms with Gasteiger partial charge >= 0.3 is 0 Å². The summed E-state index contributed by atoms with van der Waals surface area (Å²) in [7, 11) is 0. The van der Waals surface area contributed by atoms with Gasteiger partial charge in [0.25, 0.3) is 0 Å². The van der Waals surface area contributed by atoms with Crippen LogP contribution in [0.25, 0.3) is 0 Å². The first-order chi connectivity index (χ1) is 9.20. The molecule has 0 aliphatic rings. The van der Waals surface area contributed by atoms with E-state index in [9.17, 15) is 0 Å². The van der Waals surface area contributed by atoms with Gasteiger partial charge in [-0.1, -0.05) is 12.1 Å². The van der Waals surface area contributed by atoms with Gasteiger partial charge in [-0.3, -0.25) is 0 Å². The highest BCUT2D eigenvalue weighted by Crippen LogP contribution is 2.25. The molecule has 0 radical (unpaired) electrons. The van der Waals surface area contributed by atoms with E-state index in [0.717, 1.165) is 12.1 Å². The van der Waals surface area contributed by atoms with Gasteiger partial charge in [-0.15, -0.1) is 0 Å². The van der Waals surface area contributed by atoms with Crippen molar-refractivity contribution in [1.29, 1.82) is 0 Å². The Morgan fingerprint density at radius 3 is 2.95 bits per heavy atom. The first-order valence-corrected chi connectivity index (χ1v) is 6.10. The highest BCUT2D eigenvalue weighted by atomic mass is 16.5. The summed E-state index contributed by atoms with van der Waals surface area (Å²) in [6.45, 7) is 4.91. The zero-order valence-corrected chi connectivity index (χ0v) is 11.0. The van der Waals surface area contributed by atoms with Gasteiger partial charge in [0.2, 0.25) is 5.88 Å². The molecule has 2 aromatic rings. The molecule has 19 heavy (non-hydrogen) atoms. The van der Waals surface area contributed by atoms with E-state index in [4.69, 9.17) is 15.0 Å². The lowest BCUT2D eigenvalue weighted by molar-refractivity contribution is 0.306. The SMILES string of the molecule is CCCOc1ncnc(NCc2cc(C)no2)c1N. The lowest BCUT2D eigenvalue weighted by Gasteiger charge is -2.10. The van der Waals surface area contributed by atoms with E-state index >= 15 is 0 Å². The zero-order chi connectivity index (χ0) is 13.7.